The molecule has 5 nitrogen and oxygen atoms in total. The average molecular weight is 240 g/mol. The van der Waals surface area contributed by atoms with E-state index in [2.05, 4.69) is 17.3 Å². The predicted molar refractivity (Wildman–Crippen MR) is 65.1 cm³/mol. The largest absolute Gasteiger partial charge is 0.547 e. The molecule has 0 radical (unpaired) electrons. The predicted octanol–water partition coefficient (Wildman–Crippen LogP) is 4.08. The highest BCUT2D eigenvalue weighted by Gasteiger charge is 2.45. The van der Waals surface area contributed by atoms with E-state index in [0.717, 1.165) is 30.7 Å². The van der Waals surface area contributed by atoms with Gasteiger partial charge in [0, 0.05) is 18.6 Å². The molecule has 96 valence electrons. The molecule has 1 amide bonds. The van der Waals surface area contributed by atoms with Gasteiger partial charge in [-0.2, -0.15) is 4.79 Å². The minimum absolute atomic E-state index is 0.349. The second kappa shape index (κ2) is 5.91. The molecule has 0 aliphatic carbocycles. The van der Waals surface area contributed by atoms with E-state index in [0.29, 0.717) is 6.54 Å². The van der Waals surface area contributed by atoms with Gasteiger partial charge in [-0.3, -0.25) is 0 Å². The second-order valence-electron chi connectivity index (χ2n) is 4.55. The molecule has 1 heterocycles. The molecule has 0 bridgehead atoms. The number of rotatable bonds is 6. The molecule has 0 aromatic rings. The fourth-order valence-corrected chi connectivity index (χ4v) is 1.98. The monoisotopic (exact) mass is 240 g/mol. The van der Waals surface area contributed by atoms with Gasteiger partial charge in [-0.25, -0.2) is 0 Å². The third kappa shape index (κ3) is 2.91. The first-order valence-corrected chi connectivity index (χ1v) is 6.27. The van der Waals surface area contributed by atoms with Crippen molar-refractivity contribution in [1.82, 2.24) is 0 Å². The highest BCUT2D eigenvalue weighted by molar-refractivity contribution is 5.58. The summed E-state index contributed by atoms with van der Waals surface area (Å²) in [5, 5.41) is 17.2. The Morgan fingerprint density at radius 1 is 1.24 bits per heavy atom. The lowest BCUT2D eigenvalue weighted by Gasteiger charge is -2.21. The molecule has 0 spiro atoms. The minimum Gasteiger partial charge on any atom is -0.433 e. The van der Waals surface area contributed by atoms with Crippen LogP contribution < -0.4 is 0 Å². The summed E-state index contributed by atoms with van der Waals surface area (Å²) in [4.78, 5) is 11.4. The second-order valence-corrected chi connectivity index (χ2v) is 4.55. The molecule has 1 N–H and O–H groups in total. The fraction of sp³-hybridized carbons (Fsp3) is 0.750. The average Bonchev–Trinajstić information content (AvgIpc) is 2.58. The molecular weight excluding hydrogens is 218 g/mol. The number of amides is 1. The van der Waals surface area contributed by atoms with Crippen LogP contribution >= 0.6 is 0 Å². The summed E-state index contributed by atoms with van der Waals surface area (Å²) in [7, 11) is 0. The zero-order valence-corrected chi connectivity index (χ0v) is 10.9. The zero-order chi connectivity index (χ0) is 12.9. The lowest BCUT2D eigenvalue weighted by Crippen LogP contribution is -2.44. The Labute approximate surface area is 102 Å². The van der Waals surface area contributed by atoms with Gasteiger partial charge in [-0.1, -0.05) is 31.3 Å². The third-order valence-electron chi connectivity index (χ3n) is 3.33. The summed E-state index contributed by atoms with van der Waals surface area (Å²) < 4.78 is -0.349. The quantitative estimate of drug-likeness (QED) is 0.561. The van der Waals surface area contributed by atoms with Crippen LogP contribution in [0.25, 0.3) is 0 Å². The molecule has 17 heavy (non-hydrogen) atoms. The first-order valence-electron chi connectivity index (χ1n) is 6.27. The lowest BCUT2D eigenvalue weighted by atomic mass is 10.1. The van der Waals surface area contributed by atoms with E-state index in [-0.39, 0.29) is 4.59 Å². The molecule has 0 aromatic heterocycles. The minimum atomic E-state index is -0.932. The van der Waals surface area contributed by atoms with Gasteiger partial charge in [0.2, 0.25) is 0 Å². The molecule has 1 rings (SSSR count). The van der Waals surface area contributed by atoms with Gasteiger partial charge in [0.25, 0.3) is 0 Å². The van der Waals surface area contributed by atoms with Crippen LogP contribution in [0.4, 0.5) is 4.79 Å². The third-order valence-corrected chi connectivity index (χ3v) is 3.33. The Bertz CT molecular complexity index is 350. The Balaban J connectivity index is 2.58. The summed E-state index contributed by atoms with van der Waals surface area (Å²) in [5.74, 6) is 0. The zero-order valence-electron chi connectivity index (χ0n) is 10.9. The van der Waals surface area contributed by atoms with Gasteiger partial charge in [0.05, 0.1) is 0 Å². The first-order chi connectivity index (χ1) is 8.04. The highest BCUT2D eigenvalue weighted by Crippen LogP contribution is 2.30. The van der Waals surface area contributed by atoms with Gasteiger partial charge < -0.3 is 5.11 Å². The summed E-state index contributed by atoms with van der Waals surface area (Å²) in [5.41, 5.74) is 1.45. The molecule has 1 aliphatic heterocycles. The summed E-state index contributed by atoms with van der Waals surface area (Å²) in [6.07, 6.45) is 4.56. The highest BCUT2D eigenvalue weighted by atomic mass is 16.4. The maximum Gasteiger partial charge on any atom is 0.547 e. The van der Waals surface area contributed by atoms with Gasteiger partial charge in [0.1, 0.15) is 12.2 Å². The van der Waals surface area contributed by atoms with Crippen molar-refractivity contribution in [2.24, 2.45) is 10.3 Å². The maximum absolute atomic E-state index is 11.4. The van der Waals surface area contributed by atoms with Crippen molar-refractivity contribution in [1.29, 1.82) is 0 Å². The molecule has 0 saturated carbocycles. The first kappa shape index (κ1) is 13.8. The van der Waals surface area contributed by atoms with E-state index in [1.54, 1.807) is 13.8 Å². The van der Waals surface area contributed by atoms with E-state index >= 15 is 0 Å². The fourth-order valence-electron chi connectivity index (χ4n) is 1.98. The number of allylic oxidation sites excluding steroid dienone is 2. The number of nitrogens with zero attached hydrogens (tertiary/aromatic N) is 3. The van der Waals surface area contributed by atoms with Crippen molar-refractivity contribution in [3.63, 3.8) is 0 Å². The number of quaternary nitrogens is 1. The van der Waals surface area contributed by atoms with Crippen LogP contribution in [-0.2, 0) is 0 Å². The lowest BCUT2D eigenvalue weighted by molar-refractivity contribution is -0.827. The summed E-state index contributed by atoms with van der Waals surface area (Å²) in [6, 6.07) is 0. The van der Waals surface area contributed by atoms with Crippen molar-refractivity contribution in [3.8, 4) is 0 Å². The van der Waals surface area contributed by atoms with Crippen LogP contribution in [0.1, 0.15) is 52.9 Å². The molecule has 0 aromatic carbocycles. The van der Waals surface area contributed by atoms with Gasteiger partial charge in [-0.15, -0.1) is 0 Å². The Morgan fingerprint density at radius 2 is 1.88 bits per heavy atom. The van der Waals surface area contributed by atoms with Crippen LogP contribution in [0.5, 0.6) is 0 Å². The van der Waals surface area contributed by atoms with Crippen molar-refractivity contribution in [2.45, 2.75) is 52.9 Å². The Hall–Kier alpha value is -1.23. The number of carboxylic acid groups (broad SMARTS) is 1. The Morgan fingerprint density at radius 3 is 2.35 bits per heavy atom. The molecule has 1 unspecified atom stereocenters. The summed E-state index contributed by atoms with van der Waals surface area (Å²) >= 11 is 0. The van der Waals surface area contributed by atoms with Gasteiger partial charge in [-0.05, 0) is 17.9 Å². The van der Waals surface area contributed by atoms with E-state index in [4.69, 9.17) is 0 Å². The van der Waals surface area contributed by atoms with E-state index in [9.17, 15) is 9.90 Å². The molecule has 0 saturated heterocycles. The van der Waals surface area contributed by atoms with Crippen molar-refractivity contribution >= 4 is 6.09 Å². The van der Waals surface area contributed by atoms with Gasteiger partial charge in [0.15, 0.2) is 5.70 Å². The molecule has 5 heteroatoms. The molecular formula is C12H22N3O2+. The number of carbonyl (C=O) groups is 1. The van der Waals surface area contributed by atoms with Crippen LogP contribution in [0, 0.1) is 0 Å². The Kier molecular flexibility index (Phi) is 4.81. The maximum atomic E-state index is 11.4. The normalized spacial score (nSPS) is 23.5. The van der Waals surface area contributed by atoms with Crippen LogP contribution in [0.2, 0.25) is 0 Å². The number of hydrogen-bond donors (Lipinski definition) is 1. The smallest absolute Gasteiger partial charge is 0.433 e. The SMILES string of the molecule is CCCCCCC[N+]1(C(=O)O)N=NC(C)=C1C. The molecule has 1 aliphatic rings. The standard InChI is InChI=1S/C12H21N3O2/c1-4-5-6-7-8-9-15(12(16)17)11(3)10(2)13-14-15/h4-9H2,1-3H3/p+1. The molecule has 0 fully saturated rings. The van der Waals surface area contributed by atoms with Gasteiger partial charge >= 0.3 is 6.09 Å². The van der Waals surface area contributed by atoms with E-state index in [1.165, 1.54) is 12.8 Å². The topological polar surface area (TPSA) is 62.0 Å². The van der Waals surface area contributed by atoms with Crippen molar-refractivity contribution in [3.05, 3.63) is 11.4 Å². The van der Waals surface area contributed by atoms with Crippen molar-refractivity contribution < 1.29 is 14.5 Å². The number of unbranched alkanes of at least 4 members (excludes halogenated alkanes) is 4. The molecule has 1 atom stereocenters. The summed E-state index contributed by atoms with van der Waals surface area (Å²) in [6.45, 7) is 6.27. The van der Waals surface area contributed by atoms with Crippen LogP contribution in [0.15, 0.2) is 21.7 Å². The van der Waals surface area contributed by atoms with Crippen LogP contribution in [-0.4, -0.2) is 22.3 Å². The van der Waals surface area contributed by atoms with E-state index < -0.39 is 6.09 Å². The number of hydrogen-bond acceptors (Lipinski definition) is 3. The van der Waals surface area contributed by atoms with Crippen molar-refractivity contribution in [2.75, 3.05) is 6.54 Å². The van der Waals surface area contributed by atoms with E-state index in [1.807, 2.05) is 0 Å². The van der Waals surface area contributed by atoms with Crippen LogP contribution in [0.3, 0.4) is 0 Å².